The molecule has 240 valence electrons. The van der Waals surface area contributed by atoms with Crippen molar-refractivity contribution in [1.29, 1.82) is 0 Å². The van der Waals surface area contributed by atoms with Crippen LogP contribution in [0.15, 0.2) is 24.8 Å². The topological polar surface area (TPSA) is 136 Å². The van der Waals surface area contributed by atoms with E-state index in [2.05, 4.69) is 36.0 Å². The highest BCUT2D eigenvalue weighted by Crippen LogP contribution is 2.37. The standard InChI is InChI=1S/C14H23BN2O4.C9H15BN2O2.C5H9BrO2/c1-7-19-12(18)10(2)17-9-11(8-16-17)15-20-13(3,4)14(5,6)21-15;1-8(2)9(3,4)14-10(13-8)7-5-11-12-6-7;1-3-8-5(7)4(2)6/h8-10H,7H2,1-6H3;5-6H,1-4H3,(H,11,12);4H,3H2,1-2H3. The average molecular weight is 669 g/mol. The number of nitrogens with zero attached hydrogens (tertiary/aromatic N) is 3. The smallest absolute Gasteiger partial charge is 0.465 e. The molecule has 0 bridgehead atoms. The summed E-state index contributed by atoms with van der Waals surface area (Å²) in [5, 5.41) is 10.8. The quantitative estimate of drug-likeness (QED) is 0.266. The van der Waals surface area contributed by atoms with Crippen molar-refractivity contribution in [2.75, 3.05) is 13.2 Å². The van der Waals surface area contributed by atoms with Crippen molar-refractivity contribution in [3.63, 3.8) is 0 Å². The molecule has 0 aromatic carbocycles. The van der Waals surface area contributed by atoms with Gasteiger partial charge in [0.25, 0.3) is 0 Å². The van der Waals surface area contributed by atoms with E-state index < -0.39 is 24.4 Å². The Morgan fingerprint density at radius 1 is 0.837 bits per heavy atom. The van der Waals surface area contributed by atoms with E-state index in [9.17, 15) is 9.59 Å². The first-order valence-electron chi connectivity index (χ1n) is 14.5. The van der Waals surface area contributed by atoms with Gasteiger partial charge in [0.15, 0.2) is 0 Å². The molecule has 2 atom stereocenters. The van der Waals surface area contributed by atoms with Crippen LogP contribution in [0, 0.1) is 0 Å². The van der Waals surface area contributed by atoms with Crippen LogP contribution >= 0.6 is 15.9 Å². The molecule has 2 unspecified atom stereocenters. The van der Waals surface area contributed by atoms with Crippen LogP contribution in [0.5, 0.6) is 0 Å². The Bertz CT molecular complexity index is 1160. The van der Waals surface area contributed by atoms with Crippen LogP contribution in [0.4, 0.5) is 0 Å². The van der Waals surface area contributed by atoms with Crippen molar-refractivity contribution >= 4 is 53.0 Å². The first-order valence-corrected chi connectivity index (χ1v) is 15.4. The van der Waals surface area contributed by atoms with Gasteiger partial charge in [-0.3, -0.25) is 14.6 Å². The van der Waals surface area contributed by atoms with Gasteiger partial charge < -0.3 is 28.1 Å². The molecule has 0 amide bonds. The Morgan fingerprint density at radius 3 is 1.65 bits per heavy atom. The number of ether oxygens (including phenoxy) is 2. The highest BCUT2D eigenvalue weighted by atomic mass is 79.9. The van der Waals surface area contributed by atoms with Crippen LogP contribution in [-0.4, -0.2) is 86.6 Å². The number of H-pyrrole nitrogens is 1. The number of nitrogens with one attached hydrogen (secondary N) is 1. The second-order valence-corrected chi connectivity index (χ2v) is 13.6. The maximum atomic E-state index is 11.7. The number of carbonyl (C=O) groups is 2. The number of hydrogen-bond acceptors (Lipinski definition) is 10. The minimum absolute atomic E-state index is 0.178. The molecule has 0 spiro atoms. The SMILES string of the molecule is CC1(C)OB(c2cn[nH]c2)OC1(C)C.CCOC(=O)C(C)Br.CCOC(=O)C(C)n1cc(B2OC(C)(C)C(C)(C)O2)cn1. The van der Waals surface area contributed by atoms with E-state index in [1.54, 1.807) is 57.2 Å². The van der Waals surface area contributed by atoms with Gasteiger partial charge in [-0.2, -0.15) is 10.2 Å². The fourth-order valence-electron chi connectivity index (χ4n) is 3.66. The van der Waals surface area contributed by atoms with E-state index >= 15 is 0 Å². The Kier molecular flexibility index (Phi) is 12.7. The molecule has 43 heavy (non-hydrogen) atoms. The predicted molar refractivity (Wildman–Crippen MR) is 169 cm³/mol. The zero-order valence-electron chi connectivity index (χ0n) is 27.5. The number of hydrogen-bond donors (Lipinski definition) is 1. The maximum Gasteiger partial charge on any atom is 0.498 e. The lowest BCUT2D eigenvalue weighted by molar-refractivity contribution is -0.147. The number of aromatic nitrogens is 4. The molecule has 4 rings (SSSR count). The Balaban J connectivity index is 0.000000252. The van der Waals surface area contributed by atoms with Gasteiger partial charge in [0, 0.05) is 35.7 Å². The van der Waals surface area contributed by atoms with E-state index in [0.29, 0.717) is 13.2 Å². The fourth-order valence-corrected chi connectivity index (χ4v) is 3.79. The summed E-state index contributed by atoms with van der Waals surface area (Å²) in [4.78, 5) is 22.0. The second-order valence-electron chi connectivity index (χ2n) is 12.3. The Hall–Kier alpha value is -2.19. The van der Waals surface area contributed by atoms with Gasteiger partial charge in [-0.1, -0.05) is 15.9 Å². The minimum atomic E-state index is -0.474. The molecule has 0 saturated carbocycles. The summed E-state index contributed by atoms with van der Waals surface area (Å²) in [7, 11) is -0.781. The lowest BCUT2D eigenvalue weighted by Crippen LogP contribution is -2.41. The summed E-state index contributed by atoms with van der Waals surface area (Å²) < 4.78 is 34.8. The van der Waals surface area contributed by atoms with E-state index in [-0.39, 0.29) is 35.1 Å². The fraction of sp³-hybridized carbons (Fsp3) is 0.714. The largest absolute Gasteiger partial charge is 0.498 e. The van der Waals surface area contributed by atoms with Crippen molar-refractivity contribution in [3.8, 4) is 0 Å². The molecule has 15 heteroatoms. The third-order valence-corrected chi connectivity index (χ3v) is 8.20. The number of carbonyl (C=O) groups excluding carboxylic acids is 2. The maximum absolute atomic E-state index is 11.7. The van der Waals surface area contributed by atoms with Crippen LogP contribution < -0.4 is 10.9 Å². The van der Waals surface area contributed by atoms with Crippen LogP contribution in [-0.2, 0) is 37.7 Å². The van der Waals surface area contributed by atoms with E-state index in [0.717, 1.165) is 10.9 Å². The third-order valence-electron chi connectivity index (χ3n) is 7.83. The van der Waals surface area contributed by atoms with E-state index in [4.69, 9.17) is 23.4 Å². The Morgan fingerprint density at radius 2 is 1.28 bits per heavy atom. The Labute approximate surface area is 264 Å². The molecule has 12 nitrogen and oxygen atoms in total. The lowest BCUT2D eigenvalue weighted by Gasteiger charge is -2.32. The van der Waals surface area contributed by atoms with Crippen LogP contribution in [0.25, 0.3) is 0 Å². The predicted octanol–water partition coefficient (Wildman–Crippen LogP) is 3.35. The zero-order chi connectivity index (χ0) is 32.8. The summed E-state index contributed by atoms with van der Waals surface area (Å²) in [5.74, 6) is -0.506. The monoisotopic (exact) mass is 668 g/mol. The number of halogens is 1. The van der Waals surface area contributed by atoms with E-state index in [1.165, 1.54) is 0 Å². The molecular formula is C28H47B2BrN4O8. The first kappa shape index (κ1) is 37.0. The normalized spacial score (nSPS) is 20.7. The summed E-state index contributed by atoms with van der Waals surface area (Å²) in [6.07, 6.45) is 6.95. The molecule has 2 aromatic rings. The van der Waals surface area contributed by atoms with Crippen molar-refractivity contribution in [2.45, 2.75) is 116 Å². The molecule has 2 aliphatic rings. The molecule has 1 N–H and O–H groups in total. The molecule has 2 saturated heterocycles. The lowest BCUT2D eigenvalue weighted by atomic mass is 9.82. The van der Waals surface area contributed by atoms with Gasteiger partial charge in [0.1, 0.15) is 10.9 Å². The first-order chi connectivity index (χ1) is 19.8. The van der Waals surface area contributed by atoms with Gasteiger partial charge in [0.05, 0.1) is 35.6 Å². The molecule has 0 aliphatic carbocycles. The highest BCUT2D eigenvalue weighted by molar-refractivity contribution is 9.10. The molecular weight excluding hydrogens is 622 g/mol. The van der Waals surface area contributed by atoms with Crippen LogP contribution in [0.1, 0.15) is 89.1 Å². The molecule has 4 heterocycles. The minimum Gasteiger partial charge on any atom is -0.465 e. The van der Waals surface area contributed by atoms with Crippen LogP contribution in [0.2, 0.25) is 0 Å². The van der Waals surface area contributed by atoms with Gasteiger partial charge in [-0.15, -0.1) is 0 Å². The summed E-state index contributed by atoms with van der Waals surface area (Å²) >= 11 is 3.07. The molecule has 2 aromatic heterocycles. The zero-order valence-corrected chi connectivity index (χ0v) is 29.1. The van der Waals surface area contributed by atoms with Crippen molar-refractivity contribution in [1.82, 2.24) is 20.0 Å². The summed E-state index contributed by atoms with van der Waals surface area (Å²) in [5.41, 5.74) is 0.372. The van der Waals surface area contributed by atoms with E-state index in [1.807, 2.05) is 55.4 Å². The third kappa shape index (κ3) is 9.40. The molecule has 2 aliphatic heterocycles. The molecule has 0 radical (unpaired) electrons. The number of aromatic amines is 1. The second kappa shape index (κ2) is 14.7. The molecule has 2 fully saturated rings. The van der Waals surface area contributed by atoms with Crippen molar-refractivity contribution in [2.24, 2.45) is 0 Å². The van der Waals surface area contributed by atoms with Crippen LogP contribution in [0.3, 0.4) is 0 Å². The number of esters is 2. The van der Waals surface area contributed by atoms with Crippen molar-refractivity contribution in [3.05, 3.63) is 24.8 Å². The van der Waals surface area contributed by atoms with Gasteiger partial charge in [-0.05, 0) is 83.1 Å². The summed E-state index contributed by atoms with van der Waals surface area (Å²) in [6, 6.07) is -0.471. The van der Waals surface area contributed by atoms with Crippen molar-refractivity contribution < 1.29 is 37.7 Å². The van der Waals surface area contributed by atoms with Gasteiger partial charge in [-0.25, -0.2) is 4.79 Å². The average Bonchev–Trinajstić information content (AvgIpc) is 3.67. The number of rotatable bonds is 7. The van der Waals surface area contributed by atoms with Gasteiger partial charge in [0.2, 0.25) is 0 Å². The summed E-state index contributed by atoms with van der Waals surface area (Å²) in [6.45, 7) is 24.0. The highest BCUT2D eigenvalue weighted by Gasteiger charge is 2.53. The van der Waals surface area contributed by atoms with Gasteiger partial charge >= 0.3 is 26.2 Å². The number of alkyl halides is 1.